The lowest BCUT2D eigenvalue weighted by atomic mass is 9.88. The second-order valence-electron chi connectivity index (χ2n) is 5.81. The summed E-state index contributed by atoms with van der Waals surface area (Å²) in [6, 6.07) is -0.144. The average molecular weight is 315 g/mol. The molecule has 0 amide bonds. The van der Waals surface area contributed by atoms with Crippen molar-refractivity contribution in [3.8, 4) is 0 Å². The number of rotatable bonds is 4. The van der Waals surface area contributed by atoms with Crippen molar-refractivity contribution in [2.24, 2.45) is 5.92 Å². The average Bonchev–Trinajstić information content (AvgIpc) is 2.64. The largest absolute Gasteiger partial charge is 0.478 e. The minimum atomic E-state index is -3.89. The lowest BCUT2D eigenvalue weighted by molar-refractivity contribution is 0.0691. The Balaban J connectivity index is 2.34. The molecule has 2 N–H and O–H groups in total. The van der Waals surface area contributed by atoms with Crippen LogP contribution in [0.4, 0.5) is 0 Å². The van der Waals surface area contributed by atoms with Gasteiger partial charge in [-0.1, -0.05) is 19.8 Å². The van der Waals surface area contributed by atoms with Crippen LogP contribution in [0.2, 0.25) is 0 Å². The minimum Gasteiger partial charge on any atom is -0.478 e. The predicted molar refractivity (Wildman–Crippen MR) is 76.9 cm³/mol. The number of sulfonamides is 1. The van der Waals surface area contributed by atoms with E-state index < -0.39 is 16.0 Å². The van der Waals surface area contributed by atoms with Crippen molar-refractivity contribution in [1.29, 1.82) is 0 Å². The number of aromatic carboxylic acids is 1. The molecule has 7 heteroatoms. The molecule has 1 aliphatic rings. The molecule has 1 heterocycles. The van der Waals surface area contributed by atoms with E-state index in [2.05, 4.69) is 11.6 Å². The summed E-state index contributed by atoms with van der Waals surface area (Å²) in [7, 11) is -3.89. The lowest BCUT2D eigenvalue weighted by Gasteiger charge is -2.27. The molecule has 0 aromatic carbocycles. The fourth-order valence-electron chi connectivity index (χ4n) is 3.05. The van der Waals surface area contributed by atoms with E-state index in [1.54, 1.807) is 0 Å². The van der Waals surface area contributed by atoms with Crippen LogP contribution in [0.1, 0.15) is 54.5 Å². The van der Waals surface area contributed by atoms with Crippen molar-refractivity contribution in [2.75, 3.05) is 0 Å². The summed E-state index contributed by atoms with van der Waals surface area (Å²) in [6.45, 7) is 5.02. The molecule has 1 aromatic heterocycles. The number of furan rings is 1. The third-order valence-electron chi connectivity index (χ3n) is 3.95. The Labute approximate surface area is 124 Å². The lowest BCUT2D eigenvalue weighted by Crippen LogP contribution is -2.38. The molecular weight excluding hydrogens is 294 g/mol. The van der Waals surface area contributed by atoms with E-state index in [0.29, 0.717) is 5.92 Å². The highest BCUT2D eigenvalue weighted by Crippen LogP contribution is 2.29. The Bertz CT molecular complexity index is 647. The number of hydrogen-bond acceptors (Lipinski definition) is 4. The van der Waals surface area contributed by atoms with E-state index in [0.717, 1.165) is 25.7 Å². The molecule has 0 saturated heterocycles. The summed E-state index contributed by atoms with van der Waals surface area (Å²) in [5.74, 6) is -0.599. The quantitative estimate of drug-likeness (QED) is 0.889. The first kappa shape index (κ1) is 16.0. The van der Waals surface area contributed by atoms with Crippen LogP contribution in [-0.2, 0) is 10.0 Å². The molecule has 0 spiro atoms. The highest BCUT2D eigenvalue weighted by molar-refractivity contribution is 7.89. The number of hydrogen-bond donors (Lipinski definition) is 2. The van der Waals surface area contributed by atoms with Crippen molar-refractivity contribution >= 4 is 16.0 Å². The Morgan fingerprint density at radius 1 is 1.29 bits per heavy atom. The smallest absolute Gasteiger partial charge is 0.340 e. The van der Waals surface area contributed by atoms with Crippen LogP contribution >= 0.6 is 0 Å². The summed E-state index contributed by atoms with van der Waals surface area (Å²) >= 11 is 0. The fourth-order valence-corrected chi connectivity index (χ4v) is 4.74. The molecule has 0 radical (unpaired) electrons. The highest BCUT2D eigenvalue weighted by Gasteiger charge is 2.33. The Hall–Kier alpha value is -1.34. The fraction of sp³-hybridized carbons (Fsp3) is 0.643. The normalized spacial score (nSPS) is 23.2. The molecule has 118 valence electrons. The summed E-state index contributed by atoms with van der Waals surface area (Å²) in [4.78, 5) is 11.0. The minimum absolute atomic E-state index is 0.109. The van der Waals surface area contributed by atoms with Gasteiger partial charge in [0.05, 0.1) is 0 Å². The monoisotopic (exact) mass is 315 g/mol. The number of carboxylic acid groups (broad SMARTS) is 1. The first-order chi connectivity index (χ1) is 9.72. The van der Waals surface area contributed by atoms with E-state index in [1.807, 2.05) is 0 Å². The van der Waals surface area contributed by atoms with Gasteiger partial charge in [0.2, 0.25) is 10.0 Å². The summed E-state index contributed by atoms with van der Waals surface area (Å²) in [5, 5.41) is 9.22. The molecule has 1 saturated carbocycles. The maximum Gasteiger partial charge on any atom is 0.340 e. The number of aryl methyl sites for hydroxylation is 2. The molecule has 0 bridgehead atoms. The molecule has 1 fully saturated rings. The second kappa shape index (κ2) is 5.81. The molecular formula is C14H21NO5S. The topological polar surface area (TPSA) is 96.6 Å². The number of carbonyl (C=O) groups is 1. The van der Waals surface area contributed by atoms with Crippen LogP contribution < -0.4 is 4.72 Å². The molecule has 2 unspecified atom stereocenters. The maximum atomic E-state index is 12.5. The third kappa shape index (κ3) is 3.29. The molecule has 1 aliphatic carbocycles. The van der Waals surface area contributed by atoms with Gasteiger partial charge in [0.1, 0.15) is 22.0 Å². The van der Waals surface area contributed by atoms with Gasteiger partial charge < -0.3 is 9.52 Å². The Morgan fingerprint density at radius 2 is 1.95 bits per heavy atom. The standard InChI is InChI=1S/C14H21NO5S/c1-8-5-4-6-11(7-8)15-21(18,19)13-10(3)20-9(2)12(13)14(16)17/h8,11,15H,4-7H2,1-3H3,(H,16,17). The van der Waals surface area contributed by atoms with E-state index >= 15 is 0 Å². The molecule has 21 heavy (non-hydrogen) atoms. The van der Waals surface area contributed by atoms with Crippen molar-refractivity contribution in [2.45, 2.75) is 57.4 Å². The summed E-state index contributed by atoms with van der Waals surface area (Å²) < 4.78 is 32.9. The van der Waals surface area contributed by atoms with Crippen molar-refractivity contribution in [3.05, 3.63) is 17.1 Å². The van der Waals surface area contributed by atoms with Gasteiger partial charge in [-0.2, -0.15) is 0 Å². The van der Waals surface area contributed by atoms with Crippen molar-refractivity contribution < 1.29 is 22.7 Å². The van der Waals surface area contributed by atoms with E-state index in [-0.39, 0.29) is 28.0 Å². The first-order valence-corrected chi connectivity index (χ1v) is 8.56. The molecule has 6 nitrogen and oxygen atoms in total. The molecule has 2 rings (SSSR count). The van der Waals surface area contributed by atoms with Crippen molar-refractivity contribution in [3.63, 3.8) is 0 Å². The molecule has 2 atom stereocenters. The first-order valence-electron chi connectivity index (χ1n) is 7.08. The van der Waals surface area contributed by atoms with Gasteiger partial charge in [0.15, 0.2) is 0 Å². The van der Waals surface area contributed by atoms with Gasteiger partial charge in [0, 0.05) is 6.04 Å². The van der Waals surface area contributed by atoms with E-state index in [4.69, 9.17) is 4.42 Å². The van der Waals surface area contributed by atoms with Crippen LogP contribution in [0, 0.1) is 19.8 Å². The SMILES string of the molecule is Cc1oc(C)c(S(=O)(=O)NC2CCCC(C)C2)c1C(=O)O. The Morgan fingerprint density at radius 3 is 2.52 bits per heavy atom. The summed E-state index contributed by atoms with van der Waals surface area (Å²) in [5.41, 5.74) is -0.274. The van der Waals surface area contributed by atoms with Crippen LogP contribution in [-0.4, -0.2) is 25.5 Å². The zero-order valence-electron chi connectivity index (χ0n) is 12.5. The van der Waals surface area contributed by atoms with Gasteiger partial charge in [0.25, 0.3) is 0 Å². The number of nitrogens with one attached hydrogen (secondary N) is 1. The van der Waals surface area contributed by atoms with Gasteiger partial charge in [-0.3, -0.25) is 0 Å². The predicted octanol–water partition coefficient (Wildman–Crippen LogP) is 2.45. The van der Waals surface area contributed by atoms with Crippen LogP contribution in [0.25, 0.3) is 0 Å². The molecule has 0 aliphatic heterocycles. The van der Waals surface area contributed by atoms with Crippen LogP contribution in [0.3, 0.4) is 0 Å². The maximum absolute atomic E-state index is 12.5. The molecule has 1 aromatic rings. The second-order valence-corrected chi connectivity index (χ2v) is 7.46. The van der Waals surface area contributed by atoms with Crippen LogP contribution in [0.5, 0.6) is 0 Å². The van der Waals surface area contributed by atoms with Gasteiger partial charge in [-0.05, 0) is 32.6 Å². The van der Waals surface area contributed by atoms with Gasteiger partial charge >= 0.3 is 5.97 Å². The summed E-state index contributed by atoms with van der Waals surface area (Å²) in [6.07, 6.45) is 3.63. The zero-order valence-corrected chi connectivity index (χ0v) is 13.3. The van der Waals surface area contributed by atoms with Gasteiger partial charge in [-0.25, -0.2) is 17.9 Å². The van der Waals surface area contributed by atoms with E-state index in [9.17, 15) is 18.3 Å². The number of carboxylic acids is 1. The van der Waals surface area contributed by atoms with Crippen molar-refractivity contribution in [1.82, 2.24) is 4.72 Å². The van der Waals surface area contributed by atoms with Crippen LogP contribution in [0.15, 0.2) is 9.31 Å². The van der Waals surface area contributed by atoms with E-state index in [1.165, 1.54) is 13.8 Å². The third-order valence-corrected chi connectivity index (χ3v) is 5.62. The zero-order chi connectivity index (χ0) is 15.8. The van der Waals surface area contributed by atoms with Gasteiger partial charge in [-0.15, -0.1) is 0 Å². The Kier molecular flexibility index (Phi) is 4.43. The highest BCUT2D eigenvalue weighted by atomic mass is 32.2.